The third-order valence-corrected chi connectivity index (χ3v) is 3.50. The Morgan fingerprint density at radius 2 is 1.60 bits per heavy atom. The smallest absolute Gasteiger partial charge is 0.150 e. The van der Waals surface area contributed by atoms with Crippen LogP contribution in [0.5, 0.6) is 5.75 Å². The van der Waals surface area contributed by atoms with Crippen LogP contribution >= 0.6 is 0 Å². The molecule has 2 aromatic rings. The van der Waals surface area contributed by atoms with Crippen LogP contribution in [-0.2, 0) is 6.61 Å². The van der Waals surface area contributed by atoms with E-state index in [2.05, 4.69) is 32.0 Å². The fourth-order valence-electron chi connectivity index (χ4n) is 2.39. The second-order valence-electron chi connectivity index (χ2n) is 5.32. The summed E-state index contributed by atoms with van der Waals surface area (Å²) in [7, 11) is 0. The molecule has 2 heteroatoms. The summed E-state index contributed by atoms with van der Waals surface area (Å²) >= 11 is 0. The Bertz CT molecular complexity index is 619. The predicted octanol–water partition coefficient (Wildman–Crippen LogP) is 4.31. The Kier molecular flexibility index (Phi) is 4.23. The molecule has 0 radical (unpaired) electrons. The number of rotatable bonds is 4. The molecule has 0 aromatic heterocycles. The molecule has 0 atom stereocenters. The van der Waals surface area contributed by atoms with Crippen LogP contribution in [-0.4, -0.2) is 6.29 Å². The van der Waals surface area contributed by atoms with Crippen molar-refractivity contribution in [2.45, 2.75) is 34.3 Å². The number of aryl methyl sites for hydroxylation is 4. The lowest BCUT2D eigenvalue weighted by molar-refractivity contribution is 0.112. The van der Waals surface area contributed by atoms with Crippen LogP contribution in [0.1, 0.15) is 38.2 Å². The first-order chi connectivity index (χ1) is 9.51. The molecule has 0 aliphatic carbocycles. The third-order valence-electron chi connectivity index (χ3n) is 3.50. The van der Waals surface area contributed by atoms with Gasteiger partial charge in [0, 0.05) is 5.56 Å². The lowest BCUT2D eigenvalue weighted by atomic mass is 10.1. The van der Waals surface area contributed by atoms with E-state index in [9.17, 15) is 4.79 Å². The number of aldehydes is 1. The maximum Gasteiger partial charge on any atom is 0.150 e. The van der Waals surface area contributed by atoms with Gasteiger partial charge in [-0.1, -0.05) is 23.8 Å². The summed E-state index contributed by atoms with van der Waals surface area (Å²) in [5.74, 6) is 0.872. The highest BCUT2D eigenvalue weighted by Crippen LogP contribution is 2.25. The highest BCUT2D eigenvalue weighted by molar-refractivity contribution is 5.76. The molecule has 0 aliphatic heterocycles. The third kappa shape index (κ3) is 3.08. The first-order valence-electron chi connectivity index (χ1n) is 6.76. The molecular formula is C18H20O2. The zero-order valence-electron chi connectivity index (χ0n) is 12.5. The molecule has 0 amide bonds. The average Bonchev–Trinajstić information content (AvgIpc) is 2.41. The van der Waals surface area contributed by atoms with Crippen molar-refractivity contribution in [3.05, 3.63) is 63.7 Å². The van der Waals surface area contributed by atoms with E-state index in [0.29, 0.717) is 12.2 Å². The Hall–Kier alpha value is -2.09. The van der Waals surface area contributed by atoms with E-state index < -0.39 is 0 Å². The van der Waals surface area contributed by atoms with E-state index in [0.717, 1.165) is 23.2 Å². The molecule has 0 heterocycles. The largest absolute Gasteiger partial charge is 0.488 e. The molecule has 0 aliphatic rings. The van der Waals surface area contributed by atoms with Gasteiger partial charge in [0.1, 0.15) is 18.6 Å². The monoisotopic (exact) mass is 268 g/mol. The maximum atomic E-state index is 10.8. The fourth-order valence-corrected chi connectivity index (χ4v) is 2.39. The van der Waals surface area contributed by atoms with Crippen LogP contribution in [0, 0.1) is 27.7 Å². The summed E-state index contributed by atoms with van der Waals surface area (Å²) in [5.41, 5.74) is 6.35. The fraction of sp³-hybridized carbons (Fsp3) is 0.278. The van der Waals surface area contributed by atoms with Gasteiger partial charge in [-0.2, -0.15) is 0 Å². The van der Waals surface area contributed by atoms with E-state index in [1.54, 1.807) is 0 Å². The molecule has 0 unspecified atom stereocenters. The molecule has 0 fully saturated rings. The predicted molar refractivity (Wildman–Crippen MR) is 81.6 cm³/mol. The summed E-state index contributed by atoms with van der Waals surface area (Å²) in [6.07, 6.45) is 0.870. The molecule has 2 nitrogen and oxygen atoms in total. The summed E-state index contributed by atoms with van der Waals surface area (Å²) in [5, 5.41) is 0. The number of benzene rings is 2. The standard InChI is InChI=1S/C18H20O2/c1-12-5-6-13(2)17(7-12)11-20-18-14(3)8-16(10-19)9-15(18)4/h5-10H,11H2,1-4H3. The molecule has 0 spiro atoms. The van der Waals surface area contributed by atoms with Crippen molar-refractivity contribution < 1.29 is 9.53 Å². The van der Waals surface area contributed by atoms with Crippen LogP contribution in [0.3, 0.4) is 0 Å². The lowest BCUT2D eigenvalue weighted by Crippen LogP contribution is -2.02. The quantitative estimate of drug-likeness (QED) is 0.772. The topological polar surface area (TPSA) is 26.3 Å². The number of ether oxygens (including phenoxy) is 1. The van der Waals surface area contributed by atoms with Gasteiger partial charge in [-0.15, -0.1) is 0 Å². The Balaban J connectivity index is 2.23. The van der Waals surface area contributed by atoms with Gasteiger partial charge in [0.25, 0.3) is 0 Å². The molecule has 104 valence electrons. The minimum atomic E-state index is 0.551. The van der Waals surface area contributed by atoms with Crippen molar-refractivity contribution in [1.29, 1.82) is 0 Å². The molecule has 2 rings (SSSR count). The SMILES string of the molecule is Cc1ccc(C)c(COc2c(C)cc(C=O)cc2C)c1. The van der Waals surface area contributed by atoms with Gasteiger partial charge in [0.2, 0.25) is 0 Å². The van der Waals surface area contributed by atoms with Gasteiger partial charge in [-0.05, 0) is 62.1 Å². The lowest BCUT2D eigenvalue weighted by Gasteiger charge is -2.14. The summed E-state index contributed by atoms with van der Waals surface area (Å²) in [6.45, 7) is 8.66. The van der Waals surface area contributed by atoms with Gasteiger partial charge in [-0.25, -0.2) is 0 Å². The van der Waals surface area contributed by atoms with E-state index in [1.165, 1.54) is 16.7 Å². The second-order valence-corrected chi connectivity index (χ2v) is 5.32. The number of hydrogen-bond donors (Lipinski definition) is 0. The van der Waals surface area contributed by atoms with Gasteiger partial charge < -0.3 is 4.74 Å². The van der Waals surface area contributed by atoms with Gasteiger partial charge >= 0.3 is 0 Å². The number of carbonyl (C=O) groups excluding carboxylic acids is 1. The van der Waals surface area contributed by atoms with E-state index in [4.69, 9.17) is 4.74 Å². The van der Waals surface area contributed by atoms with E-state index in [-0.39, 0.29) is 0 Å². The Morgan fingerprint density at radius 1 is 0.950 bits per heavy atom. The van der Waals surface area contributed by atoms with Crippen LogP contribution in [0.25, 0.3) is 0 Å². The highest BCUT2D eigenvalue weighted by Gasteiger charge is 2.07. The van der Waals surface area contributed by atoms with Crippen molar-refractivity contribution >= 4 is 6.29 Å². The Morgan fingerprint density at radius 3 is 2.20 bits per heavy atom. The van der Waals surface area contributed by atoms with Crippen LogP contribution in [0.2, 0.25) is 0 Å². The van der Waals surface area contributed by atoms with Crippen molar-refractivity contribution in [2.75, 3.05) is 0 Å². The van der Waals surface area contributed by atoms with E-state index >= 15 is 0 Å². The van der Waals surface area contributed by atoms with Crippen molar-refractivity contribution in [3.8, 4) is 5.75 Å². The molecular weight excluding hydrogens is 248 g/mol. The first kappa shape index (κ1) is 14.3. The summed E-state index contributed by atoms with van der Waals surface area (Å²) < 4.78 is 5.97. The Labute approximate surface area is 120 Å². The summed E-state index contributed by atoms with van der Waals surface area (Å²) in [6, 6.07) is 10.1. The van der Waals surface area contributed by atoms with E-state index in [1.807, 2.05) is 26.0 Å². The zero-order valence-corrected chi connectivity index (χ0v) is 12.5. The van der Waals surface area contributed by atoms with Gasteiger partial charge in [0.15, 0.2) is 0 Å². The molecule has 0 saturated carbocycles. The highest BCUT2D eigenvalue weighted by atomic mass is 16.5. The van der Waals surface area contributed by atoms with Crippen LogP contribution < -0.4 is 4.74 Å². The second kappa shape index (κ2) is 5.91. The van der Waals surface area contributed by atoms with Crippen LogP contribution in [0.15, 0.2) is 30.3 Å². The first-order valence-corrected chi connectivity index (χ1v) is 6.76. The molecule has 0 saturated heterocycles. The van der Waals surface area contributed by atoms with Crippen molar-refractivity contribution in [1.82, 2.24) is 0 Å². The number of hydrogen-bond acceptors (Lipinski definition) is 2. The zero-order chi connectivity index (χ0) is 14.7. The summed E-state index contributed by atoms with van der Waals surface area (Å²) in [4.78, 5) is 10.8. The van der Waals surface area contributed by atoms with Gasteiger partial charge in [-0.3, -0.25) is 4.79 Å². The molecule has 20 heavy (non-hydrogen) atoms. The molecule has 0 N–H and O–H groups in total. The minimum Gasteiger partial charge on any atom is -0.488 e. The minimum absolute atomic E-state index is 0.551. The van der Waals surface area contributed by atoms with Crippen LogP contribution in [0.4, 0.5) is 0 Å². The average molecular weight is 268 g/mol. The van der Waals surface area contributed by atoms with Crippen molar-refractivity contribution in [2.24, 2.45) is 0 Å². The van der Waals surface area contributed by atoms with Gasteiger partial charge in [0.05, 0.1) is 0 Å². The maximum absolute atomic E-state index is 10.8. The number of carbonyl (C=O) groups is 1. The normalized spacial score (nSPS) is 10.4. The van der Waals surface area contributed by atoms with Crippen molar-refractivity contribution in [3.63, 3.8) is 0 Å². The molecule has 2 aromatic carbocycles. The molecule has 0 bridgehead atoms.